The number of fused-ring (bicyclic) bond motifs is 1. The molecule has 146 valence electrons. The van der Waals surface area contributed by atoms with E-state index in [0.717, 1.165) is 22.3 Å². The van der Waals surface area contributed by atoms with E-state index in [1.165, 1.54) is 6.07 Å². The Bertz CT molecular complexity index is 1210. The lowest BCUT2D eigenvalue weighted by Gasteiger charge is -2.18. The van der Waals surface area contributed by atoms with Crippen molar-refractivity contribution in [2.45, 2.75) is 13.5 Å². The van der Waals surface area contributed by atoms with Crippen LogP contribution in [0.2, 0.25) is 0 Å². The van der Waals surface area contributed by atoms with Crippen molar-refractivity contribution in [3.8, 4) is 5.69 Å². The fourth-order valence-corrected chi connectivity index (χ4v) is 3.73. The molecule has 1 aliphatic heterocycles. The summed E-state index contributed by atoms with van der Waals surface area (Å²) in [4.78, 5) is 16.5. The first-order valence-electron chi connectivity index (χ1n) is 9.32. The Kier molecular flexibility index (Phi) is 4.04. The quantitative estimate of drug-likeness (QED) is 0.529. The second-order valence-corrected chi connectivity index (χ2v) is 7.00. The van der Waals surface area contributed by atoms with Crippen molar-refractivity contribution < 1.29 is 13.7 Å². The van der Waals surface area contributed by atoms with Crippen molar-refractivity contribution in [2.24, 2.45) is 0 Å². The van der Waals surface area contributed by atoms with Crippen molar-refractivity contribution in [1.29, 1.82) is 0 Å². The summed E-state index contributed by atoms with van der Waals surface area (Å²) >= 11 is 0. The lowest BCUT2D eigenvalue weighted by atomic mass is 10.2. The number of amides is 2. The first kappa shape index (κ1) is 17.4. The van der Waals surface area contributed by atoms with E-state index in [1.807, 2.05) is 31.2 Å². The Morgan fingerprint density at radius 2 is 1.93 bits per heavy atom. The molecule has 1 aliphatic rings. The van der Waals surface area contributed by atoms with Crippen molar-refractivity contribution >= 4 is 22.6 Å². The summed E-state index contributed by atoms with van der Waals surface area (Å²) in [5.41, 5.74) is 2.60. The summed E-state index contributed by atoms with van der Waals surface area (Å²) in [5, 5.41) is 9.14. The molecule has 0 atom stereocenters. The predicted molar refractivity (Wildman–Crippen MR) is 105 cm³/mol. The molecule has 1 fully saturated rings. The van der Waals surface area contributed by atoms with Crippen LogP contribution in [-0.2, 0) is 6.54 Å². The van der Waals surface area contributed by atoms with Crippen LogP contribution in [0, 0.1) is 12.7 Å². The molecule has 5 rings (SSSR count). The van der Waals surface area contributed by atoms with Gasteiger partial charge >= 0.3 is 6.03 Å². The number of aromatic nitrogens is 3. The Balaban J connectivity index is 1.48. The maximum absolute atomic E-state index is 14.3. The van der Waals surface area contributed by atoms with E-state index in [2.05, 4.69) is 10.3 Å². The van der Waals surface area contributed by atoms with Gasteiger partial charge in [0.2, 0.25) is 0 Å². The molecule has 0 aliphatic carbocycles. The number of halogens is 1. The molecule has 0 spiro atoms. The minimum absolute atomic E-state index is 0.100. The smallest absolute Gasteiger partial charge is 0.324 e. The normalized spacial score (nSPS) is 14.3. The van der Waals surface area contributed by atoms with Crippen LogP contribution < -0.4 is 4.90 Å². The number of hydrogen-bond donors (Lipinski definition) is 0. The van der Waals surface area contributed by atoms with Crippen molar-refractivity contribution in [3.05, 3.63) is 72.0 Å². The number of urea groups is 1. The number of rotatable bonds is 4. The Morgan fingerprint density at radius 3 is 2.72 bits per heavy atom. The number of carbonyl (C=O) groups is 1. The number of nitrogens with zero attached hydrogens (tertiary/aromatic N) is 5. The first-order chi connectivity index (χ1) is 14.1. The molecule has 0 saturated carbocycles. The zero-order valence-electron chi connectivity index (χ0n) is 15.7. The van der Waals surface area contributed by atoms with Gasteiger partial charge < -0.3 is 9.42 Å². The second kappa shape index (κ2) is 6.73. The Labute approximate surface area is 165 Å². The molecular weight excluding hydrogens is 373 g/mol. The number of anilines is 1. The molecule has 2 aromatic heterocycles. The lowest BCUT2D eigenvalue weighted by molar-refractivity contribution is 0.217. The van der Waals surface area contributed by atoms with E-state index in [0.29, 0.717) is 31.1 Å². The molecule has 2 amide bonds. The maximum atomic E-state index is 14.3. The number of carbonyl (C=O) groups excluding carboxylic acids is 1. The monoisotopic (exact) mass is 391 g/mol. The molecule has 3 heterocycles. The van der Waals surface area contributed by atoms with Gasteiger partial charge in [-0.05, 0) is 31.2 Å². The molecular formula is C21H18FN5O2. The fourth-order valence-electron chi connectivity index (χ4n) is 3.73. The molecule has 0 unspecified atom stereocenters. The third-order valence-corrected chi connectivity index (χ3v) is 5.09. The van der Waals surface area contributed by atoms with Gasteiger partial charge in [-0.2, -0.15) is 5.10 Å². The summed E-state index contributed by atoms with van der Waals surface area (Å²) < 4.78 is 20.9. The zero-order chi connectivity index (χ0) is 20.0. The molecule has 0 bridgehead atoms. The van der Waals surface area contributed by atoms with Gasteiger partial charge in [0, 0.05) is 24.5 Å². The van der Waals surface area contributed by atoms with Gasteiger partial charge in [0.15, 0.2) is 0 Å². The van der Waals surface area contributed by atoms with E-state index in [1.54, 1.807) is 38.9 Å². The molecule has 1 saturated heterocycles. The van der Waals surface area contributed by atoms with Crippen LogP contribution in [0.15, 0.2) is 59.3 Å². The van der Waals surface area contributed by atoms with Crippen LogP contribution in [0.1, 0.15) is 11.5 Å². The average Bonchev–Trinajstić information content (AvgIpc) is 3.42. The standard InChI is InChI=1S/C21H18FN5O2/c1-14-11-15(24-29-14)13-25-9-10-26(21(25)28)18-7-4-8-19-16(18)12-23-27(19)20-6-3-2-5-17(20)22/h2-8,11-12H,9-10,13H2,1H3. The van der Waals surface area contributed by atoms with Gasteiger partial charge in [-0.1, -0.05) is 23.4 Å². The fraction of sp³-hybridized carbons (Fsp3) is 0.190. The number of para-hydroxylation sites is 1. The summed E-state index contributed by atoms with van der Waals surface area (Å²) in [5.74, 6) is 0.364. The minimum atomic E-state index is -0.353. The summed E-state index contributed by atoms with van der Waals surface area (Å²) in [7, 11) is 0. The van der Waals surface area contributed by atoms with E-state index in [-0.39, 0.29) is 11.8 Å². The number of benzene rings is 2. The minimum Gasteiger partial charge on any atom is -0.361 e. The first-order valence-corrected chi connectivity index (χ1v) is 9.32. The summed E-state index contributed by atoms with van der Waals surface area (Å²) in [6.07, 6.45) is 1.67. The summed E-state index contributed by atoms with van der Waals surface area (Å²) in [6.45, 7) is 3.36. The van der Waals surface area contributed by atoms with Crippen LogP contribution in [0.3, 0.4) is 0 Å². The van der Waals surface area contributed by atoms with Gasteiger partial charge in [-0.15, -0.1) is 0 Å². The molecule has 29 heavy (non-hydrogen) atoms. The highest BCUT2D eigenvalue weighted by molar-refractivity contribution is 6.03. The predicted octanol–water partition coefficient (Wildman–Crippen LogP) is 3.90. The number of hydrogen-bond acceptors (Lipinski definition) is 4. The third-order valence-electron chi connectivity index (χ3n) is 5.09. The molecule has 7 nitrogen and oxygen atoms in total. The van der Waals surface area contributed by atoms with Crippen LogP contribution in [0.5, 0.6) is 0 Å². The van der Waals surface area contributed by atoms with E-state index in [4.69, 9.17) is 4.52 Å². The zero-order valence-corrected chi connectivity index (χ0v) is 15.7. The molecule has 8 heteroatoms. The van der Waals surface area contributed by atoms with Gasteiger partial charge in [0.05, 0.1) is 23.9 Å². The van der Waals surface area contributed by atoms with Crippen LogP contribution in [-0.4, -0.2) is 39.0 Å². The van der Waals surface area contributed by atoms with Gasteiger partial charge in [0.1, 0.15) is 23.0 Å². The van der Waals surface area contributed by atoms with Gasteiger partial charge in [-0.3, -0.25) is 4.90 Å². The largest absolute Gasteiger partial charge is 0.361 e. The van der Waals surface area contributed by atoms with Crippen LogP contribution in [0.4, 0.5) is 14.9 Å². The van der Waals surface area contributed by atoms with Crippen LogP contribution >= 0.6 is 0 Å². The topological polar surface area (TPSA) is 67.4 Å². The molecule has 2 aromatic carbocycles. The van der Waals surface area contributed by atoms with Crippen molar-refractivity contribution in [2.75, 3.05) is 18.0 Å². The van der Waals surface area contributed by atoms with Gasteiger partial charge in [-0.25, -0.2) is 13.9 Å². The highest BCUT2D eigenvalue weighted by Crippen LogP contribution is 2.31. The molecule has 0 radical (unpaired) electrons. The SMILES string of the molecule is Cc1cc(CN2CCN(c3cccc4c3cnn4-c3ccccc3F)C2=O)no1. The Hall–Kier alpha value is -3.68. The second-order valence-electron chi connectivity index (χ2n) is 7.00. The van der Waals surface area contributed by atoms with E-state index >= 15 is 0 Å². The highest BCUT2D eigenvalue weighted by Gasteiger charge is 2.31. The van der Waals surface area contributed by atoms with Crippen LogP contribution in [0.25, 0.3) is 16.6 Å². The average molecular weight is 391 g/mol. The third kappa shape index (κ3) is 2.93. The molecule has 4 aromatic rings. The number of aryl methyl sites for hydroxylation is 1. The van der Waals surface area contributed by atoms with E-state index < -0.39 is 0 Å². The van der Waals surface area contributed by atoms with E-state index in [9.17, 15) is 9.18 Å². The maximum Gasteiger partial charge on any atom is 0.324 e. The van der Waals surface area contributed by atoms with Crippen molar-refractivity contribution in [3.63, 3.8) is 0 Å². The molecule has 0 N–H and O–H groups in total. The van der Waals surface area contributed by atoms with Gasteiger partial charge in [0.25, 0.3) is 0 Å². The lowest BCUT2D eigenvalue weighted by Crippen LogP contribution is -2.31. The highest BCUT2D eigenvalue weighted by atomic mass is 19.1. The van der Waals surface area contributed by atoms with Crippen molar-refractivity contribution in [1.82, 2.24) is 19.8 Å². The summed E-state index contributed by atoms with van der Waals surface area (Å²) in [6, 6.07) is 13.8. The Morgan fingerprint density at radius 1 is 1.10 bits per heavy atom.